The van der Waals surface area contributed by atoms with Gasteiger partial charge in [0.05, 0.1) is 38.1 Å². The second kappa shape index (κ2) is 8.05. The summed E-state index contributed by atoms with van der Waals surface area (Å²) in [6, 6.07) is 7.77. The number of thioether (sulfide) groups is 1. The number of nitrogens with one attached hydrogen (secondary N) is 1. The molecule has 0 bridgehead atoms. The maximum Gasteiger partial charge on any atom is 0.293 e. The first-order chi connectivity index (χ1) is 12.4. The standard InChI is InChI=1S/C19H23N3O3S/c1-14-3-5-15(6-4-14)13-16-18(24)22(19(25)26-16)8-7-17(23)21-11-9-20(2)10-12-21/h3-6,13H,7-12H2,1-2H3/p+1. The molecule has 0 spiro atoms. The summed E-state index contributed by atoms with van der Waals surface area (Å²) in [7, 11) is 2.11. The number of carbonyl (C=O) groups is 3. The molecular formula is C19H24N3O3S+. The van der Waals surface area contributed by atoms with Gasteiger partial charge in [0.25, 0.3) is 11.1 Å². The van der Waals surface area contributed by atoms with Gasteiger partial charge in [-0.15, -0.1) is 0 Å². The molecule has 2 aliphatic heterocycles. The molecule has 0 atom stereocenters. The molecular weight excluding hydrogens is 350 g/mol. The van der Waals surface area contributed by atoms with Crippen molar-refractivity contribution in [1.29, 1.82) is 0 Å². The number of hydrogen-bond acceptors (Lipinski definition) is 4. The van der Waals surface area contributed by atoms with Crippen LogP contribution in [0.5, 0.6) is 0 Å². The van der Waals surface area contributed by atoms with E-state index in [9.17, 15) is 14.4 Å². The van der Waals surface area contributed by atoms with E-state index in [1.165, 1.54) is 9.80 Å². The molecule has 0 unspecified atom stereocenters. The van der Waals surface area contributed by atoms with E-state index in [0.717, 1.165) is 49.1 Å². The van der Waals surface area contributed by atoms with Gasteiger partial charge < -0.3 is 9.80 Å². The van der Waals surface area contributed by atoms with E-state index in [2.05, 4.69) is 7.05 Å². The van der Waals surface area contributed by atoms with Gasteiger partial charge in [-0.2, -0.15) is 0 Å². The van der Waals surface area contributed by atoms with Crippen LogP contribution in [0.1, 0.15) is 17.5 Å². The van der Waals surface area contributed by atoms with E-state index in [-0.39, 0.29) is 30.0 Å². The zero-order valence-electron chi connectivity index (χ0n) is 15.2. The van der Waals surface area contributed by atoms with Crippen molar-refractivity contribution < 1.29 is 19.3 Å². The number of aryl methyl sites for hydroxylation is 1. The highest BCUT2D eigenvalue weighted by molar-refractivity contribution is 8.18. The fraction of sp³-hybridized carbons (Fsp3) is 0.421. The summed E-state index contributed by atoms with van der Waals surface area (Å²) in [5, 5.41) is -0.302. The zero-order valence-corrected chi connectivity index (χ0v) is 16.0. The molecule has 3 amide bonds. The zero-order chi connectivity index (χ0) is 18.7. The minimum absolute atomic E-state index is 0.0130. The Morgan fingerprint density at radius 3 is 2.50 bits per heavy atom. The Bertz CT molecular complexity index is 737. The average Bonchev–Trinajstić information content (AvgIpc) is 2.89. The van der Waals surface area contributed by atoms with Crippen LogP contribution in [0.4, 0.5) is 4.79 Å². The number of benzene rings is 1. The van der Waals surface area contributed by atoms with Gasteiger partial charge in [-0.05, 0) is 30.3 Å². The van der Waals surface area contributed by atoms with Crippen LogP contribution in [0.2, 0.25) is 0 Å². The first-order valence-corrected chi connectivity index (χ1v) is 9.67. The maximum absolute atomic E-state index is 12.5. The molecule has 1 aromatic carbocycles. The highest BCUT2D eigenvalue weighted by atomic mass is 32.2. The fourth-order valence-corrected chi connectivity index (χ4v) is 3.88. The van der Waals surface area contributed by atoms with Crippen LogP contribution < -0.4 is 4.90 Å². The first-order valence-electron chi connectivity index (χ1n) is 8.85. The molecule has 0 aliphatic carbocycles. The number of hydrogen-bond donors (Lipinski definition) is 1. The Balaban J connectivity index is 1.59. The van der Waals surface area contributed by atoms with E-state index in [4.69, 9.17) is 0 Å². The second-order valence-corrected chi connectivity index (χ2v) is 7.83. The van der Waals surface area contributed by atoms with Crippen LogP contribution in [0.15, 0.2) is 29.2 Å². The van der Waals surface area contributed by atoms with E-state index in [1.807, 2.05) is 36.1 Å². The van der Waals surface area contributed by atoms with E-state index in [0.29, 0.717) is 4.91 Å². The Morgan fingerprint density at radius 2 is 1.85 bits per heavy atom. The van der Waals surface area contributed by atoms with E-state index in [1.54, 1.807) is 6.08 Å². The molecule has 0 radical (unpaired) electrons. The molecule has 6 nitrogen and oxygen atoms in total. The van der Waals surface area contributed by atoms with Crippen LogP contribution in [0.25, 0.3) is 6.08 Å². The molecule has 2 aliphatic rings. The Labute approximate surface area is 157 Å². The van der Waals surface area contributed by atoms with E-state index >= 15 is 0 Å². The Kier molecular flexibility index (Phi) is 5.78. The highest BCUT2D eigenvalue weighted by Gasteiger charge is 2.35. The lowest BCUT2D eigenvalue weighted by molar-refractivity contribution is -0.883. The summed E-state index contributed by atoms with van der Waals surface area (Å²) in [6.45, 7) is 5.49. The van der Waals surface area contributed by atoms with Crippen molar-refractivity contribution in [3.63, 3.8) is 0 Å². The summed E-state index contributed by atoms with van der Waals surface area (Å²) < 4.78 is 0. The lowest BCUT2D eigenvalue weighted by Gasteiger charge is -2.30. The van der Waals surface area contributed by atoms with Crippen molar-refractivity contribution in [1.82, 2.24) is 9.80 Å². The monoisotopic (exact) mass is 374 g/mol. The van der Waals surface area contributed by atoms with Crippen molar-refractivity contribution in [3.8, 4) is 0 Å². The smallest absolute Gasteiger partial charge is 0.293 e. The predicted molar refractivity (Wildman–Crippen MR) is 102 cm³/mol. The van der Waals surface area contributed by atoms with Crippen molar-refractivity contribution in [2.45, 2.75) is 13.3 Å². The largest absolute Gasteiger partial charge is 0.334 e. The summed E-state index contributed by atoms with van der Waals surface area (Å²) >= 11 is 0.939. The van der Waals surface area contributed by atoms with Crippen LogP contribution in [-0.4, -0.2) is 66.6 Å². The molecule has 26 heavy (non-hydrogen) atoms. The third kappa shape index (κ3) is 4.34. The summed E-state index contributed by atoms with van der Waals surface area (Å²) in [5.74, 6) is -0.296. The van der Waals surface area contributed by atoms with Crippen molar-refractivity contribution in [2.24, 2.45) is 0 Å². The third-order valence-corrected chi connectivity index (χ3v) is 5.68. The molecule has 2 saturated heterocycles. The van der Waals surface area contributed by atoms with Gasteiger partial charge in [0.2, 0.25) is 5.91 Å². The number of amides is 3. The summed E-state index contributed by atoms with van der Waals surface area (Å²) in [6.07, 6.45) is 1.92. The molecule has 3 rings (SSSR count). The van der Waals surface area contributed by atoms with Gasteiger partial charge in [0, 0.05) is 13.0 Å². The first kappa shape index (κ1) is 18.7. The van der Waals surface area contributed by atoms with Gasteiger partial charge in [-0.25, -0.2) is 0 Å². The fourth-order valence-electron chi connectivity index (χ4n) is 3.01. The molecule has 138 valence electrons. The molecule has 1 aromatic rings. The van der Waals surface area contributed by atoms with Crippen LogP contribution in [0, 0.1) is 6.92 Å². The number of piperazine rings is 1. The molecule has 1 N–H and O–H groups in total. The second-order valence-electron chi connectivity index (χ2n) is 6.83. The summed E-state index contributed by atoms with van der Waals surface area (Å²) in [4.78, 5) is 41.8. The molecule has 2 fully saturated rings. The summed E-state index contributed by atoms with van der Waals surface area (Å²) in [5.41, 5.74) is 2.02. The lowest BCUT2D eigenvalue weighted by Crippen LogP contribution is -3.12. The number of quaternary nitrogens is 1. The molecule has 7 heteroatoms. The quantitative estimate of drug-likeness (QED) is 0.791. The van der Waals surface area contributed by atoms with Gasteiger partial charge >= 0.3 is 0 Å². The molecule has 0 saturated carbocycles. The van der Waals surface area contributed by atoms with Crippen LogP contribution in [0.3, 0.4) is 0 Å². The van der Waals surface area contributed by atoms with Gasteiger partial charge in [-0.1, -0.05) is 29.8 Å². The third-order valence-electron chi connectivity index (χ3n) is 4.77. The normalized spacial score (nSPS) is 20.3. The topological polar surface area (TPSA) is 62.1 Å². The lowest BCUT2D eigenvalue weighted by atomic mass is 10.1. The van der Waals surface area contributed by atoms with Crippen molar-refractivity contribution >= 4 is 34.9 Å². The molecule has 0 aromatic heterocycles. The number of likely N-dealkylation sites (N-methyl/N-ethyl adjacent to an activating group) is 1. The number of rotatable bonds is 4. The SMILES string of the molecule is Cc1ccc(C=C2SC(=O)N(CCC(=O)N3CC[NH+](C)CC3)C2=O)cc1. The Hall–Kier alpha value is -2.12. The number of carbonyl (C=O) groups excluding carboxylic acids is 3. The van der Waals surface area contributed by atoms with Crippen LogP contribution in [-0.2, 0) is 9.59 Å². The van der Waals surface area contributed by atoms with Crippen molar-refractivity contribution in [2.75, 3.05) is 39.8 Å². The molecule has 2 heterocycles. The minimum Gasteiger partial charge on any atom is -0.334 e. The predicted octanol–water partition coefficient (Wildman–Crippen LogP) is 0.778. The van der Waals surface area contributed by atoms with E-state index < -0.39 is 0 Å². The average molecular weight is 374 g/mol. The Morgan fingerprint density at radius 1 is 1.19 bits per heavy atom. The minimum atomic E-state index is -0.309. The van der Waals surface area contributed by atoms with Crippen molar-refractivity contribution in [3.05, 3.63) is 40.3 Å². The highest BCUT2D eigenvalue weighted by Crippen LogP contribution is 2.32. The maximum atomic E-state index is 12.5. The van der Waals surface area contributed by atoms with Crippen LogP contribution >= 0.6 is 11.8 Å². The number of imide groups is 1. The van der Waals surface area contributed by atoms with Gasteiger partial charge in [0.1, 0.15) is 0 Å². The number of nitrogens with zero attached hydrogens (tertiary/aromatic N) is 2. The van der Waals surface area contributed by atoms with Gasteiger partial charge in [-0.3, -0.25) is 19.3 Å². The van der Waals surface area contributed by atoms with Gasteiger partial charge in [0.15, 0.2) is 0 Å².